The van der Waals surface area contributed by atoms with Crippen molar-refractivity contribution in [2.45, 2.75) is 51.4 Å². The molecule has 3 rings (SSSR count). The van der Waals surface area contributed by atoms with Gasteiger partial charge in [0, 0.05) is 5.41 Å². The minimum absolute atomic E-state index is 0.0520. The van der Waals surface area contributed by atoms with Crippen molar-refractivity contribution in [1.82, 2.24) is 9.97 Å². The first-order valence-corrected chi connectivity index (χ1v) is 8.07. The fourth-order valence-corrected chi connectivity index (χ4v) is 4.32. The molecule has 0 aliphatic heterocycles. The van der Waals surface area contributed by atoms with Crippen LogP contribution in [0.5, 0.6) is 0 Å². The van der Waals surface area contributed by atoms with Crippen molar-refractivity contribution >= 4 is 11.0 Å². The Balaban J connectivity index is 2.27. The molecular formula is C18H25N3. The third-order valence-corrected chi connectivity index (χ3v) is 5.27. The van der Waals surface area contributed by atoms with Crippen LogP contribution in [0.4, 0.5) is 0 Å². The highest BCUT2D eigenvalue weighted by molar-refractivity contribution is 5.80. The fraction of sp³-hybridized carbons (Fsp3) is 0.500. The van der Waals surface area contributed by atoms with Crippen molar-refractivity contribution in [3.63, 3.8) is 0 Å². The molecule has 1 aliphatic carbocycles. The molecule has 3 N–H and O–H groups in total. The van der Waals surface area contributed by atoms with E-state index in [0.717, 1.165) is 30.3 Å². The number of aromatic amines is 1. The second kappa shape index (κ2) is 5.55. The van der Waals surface area contributed by atoms with Gasteiger partial charge in [0.25, 0.3) is 0 Å². The number of nitrogens with two attached hydrogens (primary N) is 1. The van der Waals surface area contributed by atoms with Gasteiger partial charge < -0.3 is 10.7 Å². The molecule has 2 aromatic rings. The summed E-state index contributed by atoms with van der Waals surface area (Å²) in [6, 6.07) is 6.50. The Kier molecular flexibility index (Phi) is 3.75. The largest absolute Gasteiger partial charge is 0.405 e. The van der Waals surface area contributed by atoms with E-state index in [1.807, 2.05) is 6.20 Å². The topological polar surface area (TPSA) is 54.7 Å². The van der Waals surface area contributed by atoms with Gasteiger partial charge in [0.15, 0.2) is 0 Å². The Labute approximate surface area is 126 Å². The quantitative estimate of drug-likeness (QED) is 0.884. The zero-order valence-corrected chi connectivity index (χ0v) is 13.0. The van der Waals surface area contributed by atoms with Crippen LogP contribution in [0.15, 0.2) is 36.3 Å². The SMILES string of the molecule is CCCC1(c2cccc3[nH]cnc23)/C(=C/N)CCCC1C. The van der Waals surface area contributed by atoms with Gasteiger partial charge >= 0.3 is 0 Å². The summed E-state index contributed by atoms with van der Waals surface area (Å²) in [6.07, 6.45) is 9.58. The molecule has 3 nitrogen and oxygen atoms in total. The first kappa shape index (κ1) is 14.2. The number of rotatable bonds is 3. The number of benzene rings is 1. The summed E-state index contributed by atoms with van der Waals surface area (Å²) >= 11 is 0. The van der Waals surface area contributed by atoms with Crippen molar-refractivity contribution in [2.24, 2.45) is 11.7 Å². The lowest BCUT2D eigenvalue weighted by molar-refractivity contribution is 0.253. The maximum Gasteiger partial charge on any atom is 0.0932 e. The Morgan fingerprint density at radius 1 is 1.48 bits per heavy atom. The predicted molar refractivity (Wildman–Crippen MR) is 88.0 cm³/mol. The van der Waals surface area contributed by atoms with Crippen molar-refractivity contribution in [1.29, 1.82) is 0 Å². The number of nitrogens with one attached hydrogen (secondary N) is 1. The predicted octanol–water partition coefficient (Wildman–Crippen LogP) is 4.26. The first-order valence-electron chi connectivity index (χ1n) is 8.07. The molecule has 1 aromatic heterocycles. The normalized spacial score (nSPS) is 28.3. The first-order chi connectivity index (χ1) is 10.2. The van der Waals surface area contributed by atoms with Gasteiger partial charge in [-0.05, 0) is 55.0 Å². The van der Waals surface area contributed by atoms with Gasteiger partial charge in [-0.2, -0.15) is 0 Å². The van der Waals surface area contributed by atoms with Crippen molar-refractivity contribution in [2.75, 3.05) is 0 Å². The molecule has 1 fully saturated rings. The number of fused-ring (bicyclic) bond motifs is 1. The van der Waals surface area contributed by atoms with Crippen LogP contribution < -0.4 is 5.73 Å². The zero-order chi connectivity index (χ0) is 14.9. The van der Waals surface area contributed by atoms with E-state index in [0.29, 0.717) is 5.92 Å². The minimum atomic E-state index is 0.0520. The molecule has 0 amide bonds. The average molecular weight is 283 g/mol. The number of H-pyrrole nitrogens is 1. The molecule has 0 radical (unpaired) electrons. The van der Waals surface area contributed by atoms with Crippen molar-refractivity contribution in [3.05, 3.63) is 41.9 Å². The maximum absolute atomic E-state index is 6.04. The van der Waals surface area contributed by atoms with E-state index in [4.69, 9.17) is 5.73 Å². The van der Waals surface area contributed by atoms with Crippen LogP contribution in [-0.4, -0.2) is 9.97 Å². The third-order valence-electron chi connectivity index (χ3n) is 5.27. The summed E-state index contributed by atoms with van der Waals surface area (Å²) in [4.78, 5) is 7.84. The summed E-state index contributed by atoms with van der Waals surface area (Å²) < 4.78 is 0. The maximum atomic E-state index is 6.04. The number of allylic oxidation sites excluding steroid dienone is 1. The van der Waals surface area contributed by atoms with E-state index >= 15 is 0 Å². The molecule has 1 aliphatic rings. The molecule has 0 saturated heterocycles. The molecule has 3 heteroatoms. The van der Waals surface area contributed by atoms with Crippen molar-refractivity contribution in [3.8, 4) is 0 Å². The Morgan fingerprint density at radius 3 is 3.10 bits per heavy atom. The molecule has 1 heterocycles. The van der Waals surface area contributed by atoms with Gasteiger partial charge in [-0.15, -0.1) is 0 Å². The van der Waals surface area contributed by atoms with E-state index in [9.17, 15) is 0 Å². The van der Waals surface area contributed by atoms with E-state index < -0.39 is 0 Å². The average Bonchev–Trinajstić information content (AvgIpc) is 2.97. The Bertz CT molecular complexity index is 655. The summed E-state index contributed by atoms with van der Waals surface area (Å²) in [5.41, 5.74) is 11.1. The molecule has 112 valence electrons. The molecule has 1 saturated carbocycles. The second-order valence-corrected chi connectivity index (χ2v) is 6.31. The van der Waals surface area contributed by atoms with Crippen LogP contribution in [0.25, 0.3) is 11.0 Å². The van der Waals surface area contributed by atoms with Gasteiger partial charge in [0.2, 0.25) is 0 Å². The second-order valence-electron chi connectivity index (χ2n) is 6.31. The molecule has 0 spiro atoms. The molecule has 1 aromatic carbocycles. The Hall–Kier alpha value is -1.77. The van der Waals surface area contributed by atoms with Crippen LogP contribution in [0.3, 0.4) is 0 Å². The van der Waals surface area contributed by atoms with Crippen LogP contribution in [-0.2, 0) is 5.41 Å². The van der Waals surface area contributed by atoms with Gasteiger partial charge in [0.1, 0.15) is 0 Å². The van der Waals surface area contributed by atoms with Crippen LogP contribution in [0.1, 0.15) is 51.5 Å². The number of hydrogen-bond donors (Lipinski definition) is 2. The summed E-state index contributed by atoms with van der Waals surface area (Å²) in [6.45, 7) is 4.64. The van der Waals surface area contributed by atoms with Gasteiger partial charge in [0.05, 0.1) is 17.4 Å². The molecule has 2 unspecified atom stereocenters. The lowest BCUT2D eigenvalue weighted by Gasteiger charge is -2.45. The van der Waals surface area contributed by atoms with E-state index in [2.05, 4.69) is 42.0 Å². The van der Waals surface area contributed by atoms with Crippen LogP contribution in [0.2, 0.25) is 0 Å². The highest BCUT2D eigenvalue weighted by Gasteiger charge is 2.43. The van der Waals surface area contributed by atoms with Gasteiger partial charge in [-0.25, -0.2) is 4.98 Å². The zero-order valence-electron chi connectivity index (χ0n) is 13.0. The highest BCUT2D eigenvalue weighted by atomic mass is 14.9. The smallest absolute Gasteiger partial charge is 0.0932 e. The number of para-hydroxylation sites is 1. The van der Waals surface area contributed by atoms with Gasteiger partial charge in [-0.1, -0.05) is 32.4 Å². The highest BCUT2D eigenvalue weighted by Crippen LogP contribution is 2.51. The molecule has 2 atom stereocenters. The standard InChI is InChI=1S/C18H25N3/c1-3-10-18(13(2)6-4-7-14(18)11-19)15-8-5-9-16-17(15)21-12-20-16/h5,8-9,11-13H,3-4,6-7,10,19H2,1-2H3,(H,20,21)/b14-11+. The van der Waals surface area contributed by atoms with Gasteiger partial charge in [-0.3, -0.25) is 0 Å². The molecule has 0 bridgehead atoms. The molecule has 21 heavy (non-hydrogen) atoms. The monoisotopic (exact) mass is 283 g/mol. The summed E-state index contributed by atoms with van der Waals surface area (Å²) in [7, 11) is 0. The minimum Gasteiger partial charge on any atom is -0.405 e. The lowest BCUT2D eigenvalue weighted by atomic mass is 9.58. The fourth-order valence-electron chi connectivity index (χ4n) is 4.32. The molecular weight excluding hydrogens is 258 g/mol. The number of aromatic nitrogens is 2. The van der Waals surface area contributed by atoms with Crippen molar-refractivity contribution < 1.29 is 0 Å². The van der Waals surface area contributed by atoms with E-state index in [-0.39, 0.29) is 5.41 Å². The third kappa shape index (κ3) is 2.06. The summed E-state index contributed by atoms with van der Waals surface area (Å²) in [5.74, 6) is 0.600. The number of hydrogen-bond acceptors (Lipinski definition) is 2. The van der Waals surface area contributed by atoms with Crippen LogP contribution >= 0.6 is 0 Å². The van der Waals surface area contributed by atoms with Crippen LogP contribution in [0, 0.1) is 5.92 Å². The number of nitrogens with zero attached hydrogens (tertiary/aromatic N) is 1. The number of imidazole rings is 1. The van der Waals surface area contributed by atoms with E-state index in [1.165, 1.54) is 24.0 Å². The lowest BCUT2D eigenvalue weighted by Crippen LogP contribution is -2.39. The Morgan fingerprint density at radius 2 is 2.33 bits per heavy atom. The summed E-state index contributed by atoms with van der Waals surface area (Å²) in [5, 5.41) is 0. The van der Waals surface area contributed by atoms with E-state index in [1.54, 1.807) is 6.33 Å².